The molecule has 1 aliphatic carbocycles. The Balaban J connectivity index is 2.17. The second-order valence-corrected chi connectivity index (χ2v) is 5.07. The molecule has 92 valence electrons. The van der Waals surface area contributed by atoms with Gasteiger partial charge >= 0.3 is 0 Å². The molecule has 2 aliphatic rings. The van der Waals surface area contributed by atoms with E-state index in [0.29, 0.717) is 12.8 Å². The lowest BCUT2D eigenvalue weighted by Gasteiger charge is -2.33. The zero-order valence-corrected chi connectivity index (χ0v) is 10.3. The Labute approximate surface area is 106 Å². The zero-order chi connectivity index (χ0) is 12.8. The second-order valence-electron chi connectivity index (χ2n) is 5.07. The number of amides is 1. The van der Waals surface area contributed by atoms with E-state index in [4.69, 9.17) is 0 Å². The number of rotatable bonds is 1. The molecule has 0 bridgehead atoms. The van der Waals surface area contributed by atoms with Crippen molar-refractivity contribution in [2.24, 2.45) is 0 Å². The van der Waals surface area contributed by atoms with Crippen LogP contribution < -0.4 is 0 Å². The van der Waals surface area contributed by atoms with Crippen LogP contribution in [0.25, 0.3) is 0 Å². The number of nitrogens with zero attached hydrogens (tertiary/aromatic N) is 1. The smallest absolute Gasteiger partial charge is 0.227 e. The summed E-state index contributed by atoms with van der Waals surface area (Å²) in [6.07, 6.45) is 3.39. The molecule has 3 heteroatoms. The number of hydrogen-bond donors (Lipinski definition) is 0. The minimum Gasteiger partial charge on any atom is -0.318 e. The summed E-state index contributed by atoms with van der Waals surface area (Å²) >= 11 is 0. The summed E-state index contributed by atoms with van der Waals surface area (Å²) in [5, 5.41) is 0. The molecule has 1 aromatic rings. The molecule has 0 radical (unpaired) electrons. The molecule has 3 nitrogen and oxygen atoms in total. The van der Waals surface area contributed by atoms with Gasteiger partial charge in [0.2, 0.25) is 5.91 Å². The molecule has 0 aromatic heterocycles. The molecule has 0 spiro atoms. The number of carbonyl (C=O) groups excluding carboxylic acids is 2. The molecule has 1 saturated heterocycles. The van der Waals surface area contributed by atoms with Crippen LogP contribution in [0, 0.1) is 0 Å². The van der Waals surface area contributed by atoms with Crippen molar-refractivity contribution in [1.82, 2.24) is 4.90 Å². The van der Waals surface area contributed by atoms with Gasteiger partial charge in [0.15, 0.2) is 5.78 Å². The van der Waals surface area contributed by atoms with Crippen LogP contribution in [0.15, 0.2) is 42.1 Å². The summed E-state index contributed by atoms with van der Waals surface area (Å²) in [6.45, 7) is 0. The van der Waals surface area contributed by atoms with E-state index in [1.54, 1.807) is 18.0 Å². The highest BCUT2D eigenvalue weighted by Gasteiger charge is 2.49. The van der Waals surface area contributed by atoms with E-state index < -0.39 is 0 Å². The highest BCUT2D eigenvalue weighted by molar-refractivity contribution is 5.96. The molecule has 1 aliphatic heterocycles. The largest absolute Gasteiger partial charge is 0.318 e. The van der Waals surface area contributed by atoms with Gasteiger partial charge < -0.3 is 4.90 Å². The molecule has 1 fully saturated rings. The standard InChI is InChI=1S/C15H15NO2/c1-16-13-9-12(17)7-8-15(13,10-14(16)18)11-5-3-2-4-6-11/h2-6,9H,7-8,10H2,1H3/t15-/m1/s1. The van der Waals surface area contributed by atoms with Crippen LogP contribution >= 0.6 is 0 Å². The molecular formula is C15H15NO2. The summed E-state index contributed by atoms with van der Waals surface area (Å²) in [4.78, 5) is 25.3. The van der Waals surface area contributed by atoms with Crippen molar-refractivity contribution in [2.75, 3.05) is 7.05 Å². The first-order chi connectivity index (χ1) is 8.63. The Hall–Kier alpha value is -1.90. The molecule has 1 heterocycles. The number of ketones is 1. The van der Waals surface area contributed by atoms with Crippen LogP contribution in [0.4, 0.5) is 0 Å². The molecule has 1 aromatic carbocycles. The van der Waals surface area contributed by atoms with Crippen molar-refractivity contribution in [3.05, 3.63) is 47.7 Å². The van der Waals surface area contributed by atoms with E-state index in [1.807, 2.05) is 18.2 Å². The predicted molar refractivity (Wildman–Crippen MR) is 67.8 cm³/mol. The Morgan fingerprint density at radius 2 is 1.89 bits per heavy atom. The topological polar surface area (TPSA) is 37.4 Å². The summed E-state index contributed by atoms with van der Waals surface area (Å²) in [5.41, 5.74) is 1.73. The van der Waals surface area contributed by atoms with Crippen LogP contribution in [-0.4, -0.2) is 23.6 Å². The molecule has 0 unspecified atom stereocenters. The van der Waals surface area contributed by atoms with Gasteiger partial charge in [0.05, 0.1) is 0 Å². The van der Waals surface area contributed by atoms with Gasteiger partial charge in [0, 0.05) is 37.1 Å². The Kier molecular flexibility index (Phi) is 2.37. The monoisotopic (exact) mass is 241 g/mol. The summed E-state index contributed by atoms with van der Waals surface area (Å²) in [6, 6.07) is 10.0. The number of carbonyl (C=O) groups is 2. The molecule has 0 saturated carbocycles. The van der Waals surface area contributed by atoms with E-state index in [9.17, 15) is 9.59 Å². The fourth-order valence-corrected chi connectivity index (χ4v) is 3.09. The van der Waals surface area contributed by atoms with Crippen LogP contribution in [0.3, 0.4) is 0 Å². The maximum Gasteiger partial charge on any atom is 0.227 e. The van der Waals surface area contributed by atoms with Crippen molar-refractivity contribution in [1.29, 1.82) is 0 Å². The van der Waals surface area contributed by atoms with Gasteiger partial charge in [-0.1, -0.05) is 30.3 Å². The number of likely N-dealkylation sites (N-methyl/N-ethyl adjacent to an activating group) is 1. The molecule has 18 heavy (non-hydrogen) atoms. The van der Waals surface area contributed by atoms with E-state index in [-0.39, 0.29) is 17.1 Å². The third-order valence-corrected chi connectivity index (χ3v) is 4.10. The number of allylic oxidation sites excluding steroid dienone is 2. The minimum absolute atomic E-state index is 0.0970. The summed E-state index contributed by atoms with van der Waals surface area (Å²) in [7, 11) is 1.76. The predicted octanol–water partition coefficient (Wildman–Crippen LogP) is 2.03. The lowest BCUT2D eigenvalue weighted by Crippen LogP contribution is -2.32. The van der Waals surface area contributed by atoms with Crippen LogP contribution in [0.2, 0.25) is 0 Å². The molecular weight excluding hydrogens is 226 g/mol. The number of hydrogen-bond acceptors (Lipinski definition) is 2. The first kappa shape index (κ1) is 11.2. The van der Waals surface area contributed by atoms with Crippen LogP contribution in [0.5, 0.6) is 0 Å². The van der Waals surface area contributed by atoms with Gasteiger partial charge in [-0.3, -0.25) is 9.59 Å². The molecule has 1 atom stereocenters. The molecule has 3 rings (SSSR count). The third-order valence-electron chi connectivity index (χ3n) is 4.10. The van der Waals surface area contributed by atoms with Crippen molar-refractivity contribution in [2.45, 2.75) is 24.7 Å². The van der Waals surface area contributed by atoms with Gasteiger partial charge in [-0.25, -0.2) is 0 Å². The zero-order valence-electron chi connectivity index (χ0n) is 10.3. The average Bonchev–Trinajstić information content (AvgIpc) is 2.65. The van der Waals surface area contributed by atoms with Gasteiger partial charge in [-0.05, 0) is 12.0 Å². The maximum atomic E-state index is 12.0. The van der Waals surface area contributed by atoms with Crippen LogP contribution in [0.1, 0.15) is 24.8 Å². The fraction of sp³-hybridized carbons (Fsp3) is 0.333. The number of fused-ring (bicyclic) bond motifs is 1. The van der Waals surface area contributed by atoms with Gasteiger partial charge in [-0.2, -0.15) is 0 Å². The summed E-state index contributed by atoms with van der Waals surface area (Å²) < 4.78 is 0. The Morgan fingerprint density at radius 3 is 2.61 bits per heavy atom. The van der Waals surface area contributed by atoms with Crippen molar-refractivity contribution in [3.63, 3.8) is 0 Å². The lowest BCUT2D eigenvalue weighted by molar-refractivity contribution is -0.125. The minimum atomic E-state index is -0.277. The average molecular weight is 241 g/mol. The first-order valence-electron chi connectivity index (χ1n) is 6.20. The first-order valence-corrected chi connectivity index (χ1v) is 6.20. The fourth-order valence-electron chi connectivity index (χ4n) is 3.09. The van der Waals surface area contributed by atoms with E-state index >= 15 is 0 Å². The van der Waals surface area contributed by atoms with E-state index in [2.05, 4.69) is 12.1 Å². The highest BCUT2D eigenvalue weighted by Crippen LogP contribution is 2.48. The molecule has 0 N–H and O–H groups in total. The van der Waals surface area contributed by atoms with Gasteiger partial charge in [-0.15, -0.1) is 0 Å². The third kappa shape index (κ3) is 1.43. The Morgan fingerprint density at radius 1 is 1.17 bits per heavy atom. The van der Waals surface area contributed by atoms with E-state index in [0.717, 1.165) is 17.7 Å². The highest BCUT2D eigenvalue weighted by atomic mass is 16.2. The van der Waals surface area contributed by atoms with Crippen LogP contribution in [-0.2, 0) is 15.0 Å². The second kappa shape index (κ2) is 3.80. The summed E-state index contributed by atoms with van der Waals surface area (Å²) in [5.74, 6) is 0.220. The van der Waals surface area contributed by atoms with E-state index in [1.165, 1.54) is 0 Å². The normalized spacial score (nSPS) is 27.2. The number of benzene rings is 1. The Bertz CT molecular complexity index is 547. The quantitative estimate of drug-likeness (QED) is 0.754. The maximum absolute atomic E-state index is 12.0. The molecule has 1 amide bonds. The van der Waals surface area contributed by atoms with Gasteiger partial charge in [0.25, 0.3) is 0 Å². The SMILES string of the molecule is CN1C(=O)C[C@@]2(c3ccccc3)CCC(=O)C=C12. The van der Waals surface area contributed by atoms with Crippen molar-refractivity contribution < 1.29 is 9.59 Å². The van der Waals surface area contributed by atoms with Crippen molar-refractivity contribution in [3.8, 4) is 0 Å². The lowest BCUT2D eigenvalue weighted by atomic mass is 9.70. The number of likely N-dealkylation sites (tertiary alicyclic amines) is 1. The van der Waals surface area contributed by atoms with Gasteiger partial charge in [0.1, 0.15) is 0 Å². The van der Waals surface area contributed by atoms with Crippen molar-refractivity contribution >= 4 is 11.7 Å².